The quantitative estimate of drug-likeness (QED) is 0.718. The first-order valence-corrected chi connectivity index (χ1v) is 6.71. The van der Waals surface area contributed by atoms with Gasteiger partial charge in [-0.3, -0.25) is 4.90 Å². The van der Waals surface area contributed by atoms with Crippen LogP contribution in [0.25, 0.3) is 0 Å². The monoisotopic (exact) mass is 244 g/mol. The van der Waals surface area contributed by atoms with E-state index in [9.17, 15) is 0 Å². The molecule has 1 heterocycles. The zero-order chi connectivity index (χ0) is 12.7. The number of rotatable bonds is 6. The van der Waals surface area contributed by atoms with Crippen LogP contribution in [0.2, 0.25) is 0 Å². The van der Waals surface area contributed by atoms with Crippen LogP contribution in [0.3, 0.4) is 0 Å². The van der Waals surface area contributed by atoms with Crippen LogP contribution in [0.5, 0.6) is 0 Å². The minimum Gasteiger partial charge on any atom is -0.356 e. The molecule has 2 N–H and O–H groups in total. The lowest BCUT2D eigenvalue weighted by molar-refractivity contribution is -0.116. The Bertz CT molecular complexity index is 198. The first-order valence-electron chi connectivity index (χ1n) is 6.71. The van der Waals surface area contributed by atoms with Gasteiger partial charge in [-0.25, -0.2) is 0 Å². The van der Waals surface area contributed by atoms with Crippen molar-refractivity contribution in [3.63, 3.8) is 0 Å². The van der Waals surface area contributed by atoms with Gasteiger partial charge in [0.05, 0.1) is 0 Å². The van der Waals surface area contributed by atoms with Gasteiger partial charge < -0.3 is 15.2 Å². The van der Waals surface area contributed by atoms with Gasteiger partial charge in [0.15, 0.2) is 6.29 Å². The van der Waals surface area contributed by atoms with Gasteiger partial charge in [0, 0.05) is 33.2 Å². The molecule has 0 aromatic rings. The molecule has 1 saturated heterocycles. The topological polar surface area (TPSA) is 47.7 Å². The van der Waals surface area contributed by atoms with E-state index < -0.39 is 0 Å². The lowest BCUT2D eigenvalue weighted by Crippen LogP contribution is -2.43. The van der Waals surface area contributed by atoms with Gasteiger partial charge in [-0.15, -0.1) is 0 Å². The summed E-state index contributed by atoms with van der Waals surface area (Å²) in [6.45, 7) is 5.33. The van der Waals surface area contributed by atoms with Crippen molar-refractivity contribution in [1.29, 1.82) is 0 Å². The SMILES string of the molecule is COC(CC(CN)N1CCCC(C)CC1)OC. The lowest BCUT2D eigenvalue weighted by atomic mass is 10.0. The Morgan fingerprint density at radius 3 is 2.53 bits per heavy atom. The Hall–Kier alpha value is -0.160. The minimum atomic E-state index is -0.135. The van der Waals surface area contributed by atoms with Crippen LogP contribution < -0.4 is 5.73 Å². The van der Waals surface area contributed by atoms with Crippen LogP contribution in [0.15, 0.2) is 0 Å². The molecule has 0 spiro atoms. The second kappa shape index (κ2) is 8.03. The van der Waals surface area contributed by atoms with Crippen molar-refractivity contribution in [3.8, 4) is 0 Å². The molecule has 4 nitrogen and oxygen atoms in total. The fourth-order valence-electron chi connectivity index (χ4n) is 2.56. The van der Waals surface area contributed by atoms with Crippen LogP contribution >= 0.6 is 0 Å². The normalized spacial score (nSPS) is 24.9. The number of methoxy groups -OCH3 is 2. The molecule has 1 aliphatic heterocycles. The zero-order valence-corrected chi connectivity index (χ0v) is 11.5. The maximum atomic E-state index is 5.89. The molecule has 0 amide bonds. The number of nitrogens with two attached hydrogens (primary N) is 1. The summed E-state index contributed by atoms with van der Waals surface area (Å²) in [5.41, 5.74) is 5.89. The molecule has 0 aliphatic carbocycles. The first-order chi connectivity index (χ1) is 8.21. The smallest absolute Gasteiger partial charge is 0.158 e. The Balaban J connectivity index is 2.47. The predicted octanol–water partition coefficient (Wildman–Crippen LogP) is 1.44. The molecule has 102 valence electrons. The molecule has 2 atom stereocenters. The third-order valence-corrected chi connectivity index (χ3v) is 3.83. The number of ether oxygens (including phenoxy) is 2. The van der Waals surface area contributed by atoms with Gasteiger partial charge in [-0.1, -0.05) is 6.92 Å². The molecule has 4 heteroatoms. The van der Waals surface area contributed by atoms with E-state index in [0.29, 0.717) is 12.6 Å². The van der Waals surface area contributed by atoms with E-state index in [1.807, 2.05) is 0 Å². The van der Waals surface area contributed by atoms with Crippen molar-refractivity contribution >= 4 is 0 Å². The van der Waals surface area contributed by atoms with E-state index in [-0.39, 0.29) is 6.29 Å². The van der Waals surface area contributed by atoms with Crippen LogP contribution in [0.1, 0.15) is 32.6 Å². The Kier molecular flexibility index (Phi) is 7.04. The Morgan fingerprint density at radius 1 is 1.24 bits per heavy atom. The second-order valence-electron chi connectivity index (χ2n) is 5.10. The van der Waals surface area contributed by atoms with Crippen molar-refractivity contribution in [3.05, 3.63) is 0 Å². The second-order valence-corrected chi connectivity index (χ2v) is 5.10. The maximum Gasteiger partial charge on any atom is 0.158 e. The largest absolute Gasteiger partial charge is 0.356 e. The van der Waals surface area contributed by atoms with Crippen LogP contribution in [-0.4, -0.2) is 51.1 Å². The summed E-state index contributed by atoms with van der Waals surface area (Å²) in [6.07, 6.45) is 4.62. The predicted molar refractivity (Wildman–Crippen MR) is 69.9 cm³/mol. The summed E-state index contributed by atoms with van der Waals surface area (Å²) in [7, 11) is 3.37. The summed E-state index contributed by atoms with van der Waals surface area (Å²) in [6, 6.07) is 0.380. The average molecular weight is 244 g/mol. The highest BCUT2D eigenvalue weighted by molar-refractivity contribution is 4.77. The van der Waals surface area contributed by atoms with Gasteiger partial charge in [0.2, 0.25) is 0 Å². The van der Waals surface area contributed by atoms with E-state index in [1.165, 1.54) is 19.3 Å². The molecule has 2 unspecified atom stereocenters. The van der Waals surface area contributed by atoms with Crippen LogP contribution in [0, 0.1) is 5.92 Å². The molecule has 0 bridgehead atoms. The Morgan fingerprint density at radius 2 is 1.94 bits per heavy atom. The number of likely N-dealkylation sites (tertiary alicyclic amines) is 1. The maximum absolute atomic E-state index is 5.89. The van der Waals surface area contributed by atoms with E-state index in [2.05, 4.69) is 11.8 Å². The lowest BCUT2D eigenvalue weighted by Gasteiger charge is -2.31. The molecular weight excluding hydrogens is 216 g/mol. The number of hydrogen-bond acceptors (Lipinski definition) is 4. The first kappa shape index (κ1) is 14.9. The van der Waals surface area contributed by atoms with Gasteiger partial charge >= 0.3 is 0 Å². The highest BCUT2D eigenvalue weighted by atomic mass is 16.7. The summed E-state index contributed by atoms with van der Waals surface area (Å²) < 4.78 is 10.5. The summed E-state index contributed by atoms with van der Waals surface area (Å²) in [4.78, 5) is 2.51. The summed E-state index contributed by atoms with van der Waals surface area (Å²) >= 11 is 0. The molecule has 1 rings (SSSR count). The van der Waals surface area contributed by atoms with E-state index in [4.69, 9.17) is 15.2 Å². The fraction of sp³-hybridized carbons (Fsp3) is 1.00. The van der Waals surface area contributed by atoms with E-state index >= 15 is 0 Å². The summed E-state index contributed by atoms with van der Waals surface area (Å²) in [5, 5.41) is 0. The number of nitrogens with zero attached hydrogens (tertiary/aromatic N) is 1. The minimum absolute atomic E-state index is 0.135. The highest BCUT2D eigenvalue weighted by Crippen LogP contribution is 2.20. The number of hydrogen-bond donors (Lipinski definition) is 1. The summed E-state index contributed by atoms with van der Waals surface area (Å²) in [5.74, 6) is 0.846. The van der Waals surface area contributed by atoms with Gasteiger partial charge in [-0.2, -0.15) is 0 Å². The van der Waals surface area contributed by atoms with Crippen molar-refractivity contribution in [2.75, 3.05) is 33.9 Å². The molecule has 0 saturated carbocycles. The molecule has 0 radical (unpaired) electrons. The van der Waals surface area contributed by atoms with Gasteiger partial charge in [0.1, 0.15) is 0 Å². The third-order valence-electron chi connectivity index (χ3n) is 3.83. The van der Waals surface area contributed by atoms with Crippen molar-refractivity contribution < 1.29 is 9.47 Å². The molecule has 0 aromatic heterocycles. The standard InChI is InChI=1S/C13H28N2O2/c1-11-5-4-7-15(8-6-11)12(10-14)9-13(16-2)17-3/h11-13H,4-10,14H2,1-3H3. The van der Waals surface area contributed by atoms with Gasteiger partial charge in [-0.05, 0) is 38.3 Å². The third kappa shape index (κ3) is 4.92. The molecular formula is C13H28N2O2. The highest BCUT2D eigenvalue weighted by Gasteiger charge is 2.23. The zero-order valence-electron chi connectivity index (χ0n) is 11.5. The molecule has 17 heavy (non-hydrogen) atoms. The molecule has 0 aromatic carbocycles. The van der Waals surface area contributed by atoms with E-state index in [0.717, 1.165) is 25.4 Å². The van der Waals surface area contributed by atoms with Crippen molar-refractivity contribution in [2.24, 2.45) is 11.7 Å². The fourth-order valence-corrected chi connectivity index (χ4v) is 2.56. The van der Waals surface area contributed by atoms with E-state index in [1.54, 1.807) is 14.2 Å². The van der Waals surface area contributed by atoms with Crippen molar-refractivity contribution in [1.82, 2.24) is 4.90 Å². The molecule has 1 aliphatic rings. The van der Waals surface area contributed by atoms with Crippen LogP contribution in [0.4, 0.5) is 0 Å². The van der Waals surface area contributed by atoms with Crippen LogP contribution in [-0.2, 0) is 9.47 Å². The van der Waals surface area contributed by atoms with Crippen molar-refractivity contribution in [2.45, 2.75) is 44.9 Å². The van der Waals surface area contributed by atoms with Gasteiger partial charge in [0.25, 0.3) is 0 Å². The molecule has 1 fully saturated rings. The average Bonchev–Trinajstić information content (AvgIpc) is 2.56. The Labute approximate surface area is 105 Å².